The lowest BCUT2D eigenvalue weighted by Gasteiger charge is -2.17. The van der Waals surface area contributed by atoms with Crippen molar-refractivity contribution < 1.29 is 23.8 Å². The highest BCUT2D eigenvalue weighted by Crippen LogP contribution is 2.27. The number of thiazole rings is 1. The summed E-state index contributed by atoms with van der Waals surface area (Å²) in [7, 11) is 1.60. The van der Waals surface area contributed by atoms with Crippen molar-refractivity contribution in [2.75, 3.05) is 12.4 Å². The minimum atomic E-state index is -1.14. The highest BCUT2D eigenvalue weighted by Gasteiger charge is 2.24. The molecule has 4 rings (SSSR count). The molecular weight excluding hydrogens is 519 g/mol. The molecule has 0 radical (unpaired) electrons. The molecule has 202 valence electrons. The molecule has 39 heavy (non-hydrogen) atoms. The summed E-state index contributed by atoms with van der Waals surface area (Å²) in [5, 5.41) is 16.5. The number of aromatic nitrogens is 2. The Kier molecular flexibility index (Phi) is 8.88. The molecule has 10 heteroatoms. The van der Waals surface area contributed by atoms with Gasteiger partial charge in [0.15, 0.2) is 0 Å². The molecule has 3 N–H and O–H groups in total. The summed E-state index contributed by atoms with van der Waals surface area (Å²) in [5.41, 5.74) is 3.04. The number of carboxylic acids is 1. The van der Waals surface area contributed by atoms with E-state index in [0.717, 1.165) is 21.0 Å². The zero-order valence-electron chi connectivity index (χ0n) is 21.8. The van der Waals surface area contributed by atoms with E-state index in [1.54, 1.807) is 43.8 Å². The van der Waals surface area contributed by atoms with Crippen molar-refractivity contribution in [3.8, 4) is 16.2 Å². The molecule has 0 saturated carbocycles. The van der Waals surface area contributed by atoms with Crippen LogP contribution in [0.3, 0.4) is 0 Å². The maximum absolute atomic E-state index is 13.8. The first kappa shape index (κ1) is 27.7. The summed E-state index contributed by atoms with van der Waals surface area (Å²) < 4.78 is 19.0. The van der Waals surface area contributed by atoms with Crippen LogP contribution < -0.4 is 15.4 Å². The Morgan fingerprint density at radius 2 is 1.90 bits per heavy atom. The van der Waals surface area contributed by atoms with Gasteiger partial charge in [0.05, 0.1) is 18.5 Å². The van der Waals surface area contributed by atoms with E-state index in [0.29, 0.717) is 41.2 Å². The number of aliphatic carboxylic acids is 1. The van der Waals surface area contributed by atoms with Gasteiger partial charge in [-0.25, -0.2) is 19.2 Å². The first-order valence-electron chi connectivity index (χ1n) is 12.4. The number of aryl methyl sites for hydroxylation is 2. The topological polar surface area (TPSA) is 113 Å². The zero-order valence-corrected chi connectivity index (χ0v) is 22.6. The van der Waals surface area contributed by atoms with Crippen LogP contribution in [0.25, 0.3) is 10.4 Å². The number of nitrogens with zero attached hydrogens (tertiary/aromatic N) is 2. The van der Waals surface area contributed by atoms with Gasteiger partial charge in [0.2, 0.25) is 0 Å². The van der Waals surface area contributed by atoms with E-state index in [1.807, 2.05) is 37.3 Å². The summed E-state index contributed by atoms with van der Waals surface area (Å²) in [4.78, 5) is 34.6. The van der Waals surface area contributed by atoms with Gasteiger partial charge in [0.25, 0.3) is 5.91 Å². The molecule has 0 saturated heterocycles. The number of anilines is 1. The van der Waals surface area contributed by atoms with E-state index in [4.69, 9.17) is 4.74 Å². The lowest BCUT2D eigenvalue weighted by atomic mass is 9.98. The van der Waals surface area contributed by atoms with Crippen LogP contribution in [0.4, 0.5) is 10.2 Å². The van der Waals surface area contributed by atoms with Crippen LogP contribution in [-0.4, -0.2) is 40.1 Å². The first-order chi connectivity index (χ1) is 18.8. The highest BCUT2D eigenvalue weighted by molar-refractivity contribution is 7.15. The molecule has 1 unspecified atom stereocenters. The Hall–Kier alpha value is -4.31. The lowest BCUT2D eigenvalue weighted by Crippen LogP contribution is -2.42. The lowest BCUT2D eigenvalue weighted by molar-refractivity contribution is -0.139. The van der Waals surface area contributed by atoms with Crippen LogP contribution in [0, 0.1) is 12.7 Å². The molecule has 0 spiro atoms. The number of ether oxygens (including phenoxy) is 1. The number of halogens is 1. The molecule has 1 atom stereocenters. The average molecular weight is 549 g/mol. The number of pyridine rings is 1. The third kappa shape index (κ3) is 6.97. The molecule has 8 nitrogen and oxygen atoms in total. The number of hydrogen-bond acceptors (Lipinski definition) is 7. The smallest absolute Gasteiger partial charge is 0.326 e. The number of rotatable bonds is 11. The normalized spacial score (nSPS) is 11.6. The molecule has 2 aromatic heterocycles. The van der Waals surface area contributed by atoms with Gasteiger partial charge in [-0.2, -0.15) is 0 Å². The third-order valence-corrected chi connectivity index (χ3v) is 7.26. The highest BCUT2D eigenvalue weighted by atomic mass is 32.1. The molecule has 0 aliphatic heterocycles. The molecule has 0 aliphatic rings. The molecule has 0 bridgehead atoms. The van der Waals surface area contributed by atoms with Gasteiger partial charge in [0, 0.05) is 30.4 Å². The molecule has 2 aromatic carbocycles. The van der Waals surface area contributed by atoms with E-state index in [9.17, 15) is 19.1 Å². The summed E-state index contributed by atoms with van der Waals surface area (Å²) in [6.07, 6.45) is 4.02. The fraction of sp³-hybridized carbons (Fsp3) is 0.241. The quantitative estimate of drug-likeness (QED) is 0.234. The van der Waals surface area contributed by atoms with Crippen LogP contribution in [0.1, 0.15) is 39.0 Å². The van der Waals surface area contributed by atoms with Gasteiger partial charge in [-0.1, -0.05) is 31.2 Å². The van der Waals surface area contributed by atoms with Crippen molar-refractivity contribution >= 4 is 29.0 Å². The Bertz CT molecular complexity index is 1470. The van der Waals surface area contributed by atoms with Crippen LogP contribution in [0.2, 0.25) is 0 Å². The average Bonchev–Trinajstić information content (AvgIpc) is 3.40. The second-order valence-corrected chi connectivity index (χ2v) is 10.0. The van der Waals surface area contributed by atoms with E-state index >= 15 is 0 Å². The first-order valence-corrected chi connectivity index (χ1v) is 13.2. The van der Waals surface area contributed by atoms with Crippen LogP contribution in [0.5, 0.6) is 5.75 Å². The SMILES string of the molecule is CCc1cc(F)cc(C)c1C(=O)NC(Cc1ccc(-c2cnc(CNc3cc(OC)ccn3)s2)cc1)C(=O)O. The number of carbonyl (C=O) groups excluding carboxylic acids is 1. The molecule has 2 heterocycles. The number of hydrogen-bond donors (Lipinski definition) is 3. The summed E-state index contributed by atoms with van der Waals surface area (Å²) in [5.74, 6) is -0.683. The number of methoxy groups -OCH3 is 1. The summed E-state index contributed by atoms with van der Waals surface area (Å²) >= 11 is 1.54. The summed E-state index contributed by atoms with van der Waals surface area (Å²) in [6.45, 7) is 3.97. The van der Waals surface area contributed by atoms with Crippen molar-refractivity contribution in [3.63, 3.8) is 0 Å². The number of benzene rings is 2. The number of amides is 1. The number of carboxylic acid groups (broad SMARTS) is 1. The Labute approximate surface area is 229 Å². The van der Waals surface area contributed by atoms with E-state index in [-0.39, 0.29) is 6.42 Å². The zero-order chi connectivity index (χ0) is 27.9. The predicted molar refractivity (Wildman–Crippen MR) is 149 cm³/mol. The largest absolute Gasteiger partial charge is 0.497 e. The van der Waals surface area contributed by atoms with Gasteiger partial charge < -0.3 is 20.5 Å². The molecule has 0 aliphatic carbocycles. The maximum Gasteiger partial charge on any atom is 0.326 e. The second kappa shape index (κ2) is 12.5. The van der Waals surface area contributed by atoms with Crippen molar-refractivity contribution in [1.29, 1.82) is 0 Å². The van der Waals surface area contributed by atoms with Crippen LogP contribution in [-0.2, 0) is 24.2 Å². The summed E-state index contributed by atoms with van der Waals surface area (Å²) in [6, 6.07) is 12.5. The molecule has 0 fully saturated rings. The minimum absolute atomic E-state index is 0.106. The van der Waals surface area contributed by atoms with Gasteiger partial charge in [0.1, 0.15) is 28.4 Å². The van der Waals surface area contributed by atoms with Crippen molar-refractivity contribution in [2.45, 2.75) is 39.3 Å². The van der Waals surface area contributed by atoms with Gasteiger partial charge in [-0.15, -0.1) is 11.3 Å². The standard InChI is InChI=1S/C29H29FN4O4S/c1-4-19-13-21(30)11-17(2)27(19)28(35)34-23(29(36)37)12-18-5-7-20(8-6-18)24-15-33-26(39-24)16-32-25-14-22(38-3)9-10-31-25/h5-11,13-15,23H,4,12,16H2,1-3H3,(H,31,32)(H,34,35)(H,36,37). The number of nitrogens with one attached hydrogen (secondary N) is 2. The van der Waals surface area contributed by atoms with E-state index < -0.39 is 23.7 Å². The molecular formula is C29H29FN4O4S. The maximum atomic E-state index is 13.8. The van der Waals surface area contributed by atoms with Crippen LogP contribution >= 0.6 is 11.3 Å². The number of carbonyl (C=O) groups is 2. The fourth-order valence-electron chi connectivity index (χ4n) is 4.21. The monoisotopic (exact) mass is 548 g/mol. The minimum Gasteiger partial charge on any atom is -0.497 e. The Balaban J connectivity index is 1.40. The van der Waals surface area contributed by atoms with Crippen molar-refractivity contribution in [2.24, 2.45) is 0 Å². The van der Waals surface area contributed by atoms with Crippen molar-refractivity contribution in [3.05, 3.63) is 94.0 Å². The fourth-order valence-corrected chi connectivity index (χ4v) is 5.08. The molecule has 4 aromatic rings. The third-order valence-electron chi connectivity index (χ3n) is 6.21. The van der Waals surface area contributed by atoms with Gasteiger partial charge >= 0.3 is 5.97 Å². The predicted octanol–water partition coefficient (Wildman–Crippen LogP) is 5.26. The van der Waals surface area contributed by atoms with Crippen molar-refractivity contribution in [1.82, 2.24) is 15.3 Å². The van der Waals surface area contributed by atoms with Gasteiger partial charge in [-0.3, -0.25) is 4.79 Å². The van der Waals surface area contributed by atoms with Crippen LogP contribution in [0.15, 0.2) is 60.9 Å². The Morgan fingerprint density at radius 1 is 1.13 bits per heavy atom. The van der Waals surface area contributed by atoms with Gasteiger partial charge in [-0.05, 0) is 53.8 Å². The molecule has 1 amide bonds. The van der Waals surface area contributed by atoms with E-state index in [2.05, 4.69) is 20.6 Å². The van der Waals surface area contributed by atoms with E-state index in [1.165, 1.54) is 12.1 Å². The Morgan fingerprint density at radius 3 is 2.59 bits per heavy atom. The second-order valence-electron chi connectivity index (χ2n) is 8.93.